The standard InChI is InChI=1S/C12H22O2/c1-12(2,3)11(13)14-10-8-6-4-5-7-9-10/h10H,4-9H2,1-3H3. The number of carbonyl (C=O) groups excluding carboxylic acids is 1. The van der Waals surface area contributed by atoms with Crippen LogP contribution in [-0.2, 0) is 9.53 Å². The van der Waals surface area contributed by atoms with Gasteiger partial charge in [-0.3, -0.25) is 4.79 Å². The first-order valence-electron chi connectivity index (χ1n) is 5.71. The second-order valence-corrected chi connectivity index (χ2v) is 5.27. The number of hydrogen-bond donors (Lipinski definition) is 0. The van der Waals surface area contributed by atoms with Crippen LogP contribution >= 0.6 is 0 Å². The van der Waals surface area contributed by atoms with E-state index in [1.165, 1.54) is 25.7 Å². The van der Waals surface area contributed by atoms with Crippen LogP contribution in [0.25, 0.3) is 0 Å². The number of rotatable bonds is 1. The van der Waals surface area contributed by atoms with Gasteiger partial charge in [-0.1, -0.05) is 12.8 Å². The number of esters is 1. The highest BCUT2D eigenvalue weighted by Gasteiger charge is 2.26. The Bertz CT molecular complexity index is 183. The molecule has 0 saturated heterocycles. The van der Waals surface area contributed by atoms with E-state index in [-0.39, 0.29) is 17.5 Å². The van der Waals surface area contributed by atoms with Gasteiger partial charge in [-0.25, -0.2) is 0 Å². The van der Waals surface area contributed by atoms with Gasteiger partial charge in [-0.05, 0) is 46.5 Å². The lowest BCUT2D eigenvalue weighted by atomic mass is 9.97. The average Bonchev–Trinajstić information content (AvgIpc) is 2.31. The maximum absolute atomic E-state index is 11.6. The Balaban J connectivity index is 2.38. The summed E-state index contributed by atoms with van der Waals surface area (Å²) in [5, 5.41) is 0. The van der Waals surface area contributed by atoms with Crippen LogP contribution < -0.4 is 0 Å². The van der Waals surface area contributed by atoms with Gasteiger partial charge in [-0.15, -0.1) is 0 Å². The zero-order valence-corrected chi connectivity index (χ0v) is 9.64. The molecule has 14 heavy (non-hydrogen) atoms. The van der Waals surface area contributed by atoms with Gasteiger partial charge < -0.3 is 4.74 Å². The van der Waals surface area contributed by atoms with Crippen molar-refractivity contribution in [3.63, 3.8) is 0 Å². The minimum absolute atomic E-state index is 0.0515. The Morgan fingerprint density at radius 3 is 2.00 bits per heavy atom. The third-order valence-electron chi connectivity index (χ3n) is 2.69. The van der Waals surface area contributed by atoms with Gasteiger partial charge in [0.2, 0.25) is 0 Å². The van der Waals surface area contributed by atoms with Gasteiger partial charge in [0.15, 0.2) is 0 Å². The fourth-order valence-corrected chi connectivity index (χ4v) is 1.69. The van der Waals surface area contributed by atoms with Crippen LogP contribution in [0.4, 0.5) is 0 Å². The maximum atomic E-state index is 11.6. The summed E-state index contributed by atoms with van der Waals surface area (Å²) in [6.45, 7) is 5.73. The van der Waals surface area contributed by atoms with Crippen LogP contribution in [0.1, 0.15) is 59.3 Å². The molecule has 1 saturated carbocycles. The molecular formula is C12H22O2. The minimum atomic E-state index is -0.355. The van der Waals surface area contributed by atoms with Gasteiger partial charge in [0.05, 0.1) is 5.41 Å². The first-order chi connectivity index (χ1) is 6.50. The molecule has 1 aliphatic rings. The molecule has 82 valence electrons. The minimum Gasteiger partial charge on any atom is -0.462 e. The van der Waals surface area contributed by atoms with Crippen molar-refractivity contribution in [2.45, 2.75) is 65.4 Å². The predicted molar refractivity (Wildman–Crippen MR) is 57.0 cm³/mol. The molecule has 0 radical (unpaired) electrons. The Labute approximate surface area is 87.0 Å². The molecule has 0 aromatic heterocycles. The van der Waals surface area contributed by atoms with Gasteiger partial charge in [0.1, 0.15) is 6.10 Å². The lowest BCUT2D eigenvalue weighted by Crippen LogP contribution is -2.28. The first kappa shape index (κ1) is 11.5. The van der Waals surface area contributed by atoms with Crippen molar-refractivity contribution in [1.29, 1.82) is 0 Å². The van der Waals surface area contributed by atoms with Crippen molar-refractivity contribution in [3.8, 4) is 0 Å². The van der Waals surface area contributed by atoms with E-state index in [4.69, 9.17) is 4.74 Å². The molecule has 0 aromatic rings. The largest absolute Gasteiger partial charge is 0.462 e. The van der Waals surface area contributed by atoms with Gasteiger partial charge in [-0.2, -0.15) is 0 Å². The number of carbonyl (C=O) groups is 1. The highest BCUT2D eigenvalue weighted by Crippen LogP contribution is 2.23. The van der Waals surface area contributed by atoms with E-state index >= 15 is 0 Å². The number of ether oxygens (including phenoxy) is 1. The lowest BCUT2D eigenvalue weighted by molar-refractivity contribution is -0.159. The van der Waals surface area contributed by atoms with E-state index in [0.29, 0.717) is 0 Å². The third-order valence-corrected chi connectivity index (χ3v) is 2.69. The molecule has 1 fully saturated rings. The molecule has 0 atom stereocenters. The summed E-state index contributed by atoms with van der Waals surface area (Å²) in [4.78, 5) is 11.6. The van der Waals surface area contributed by atoms with E-state index in [2.05, 4.69) is 0 Å². The van der Waals surface area contributed by atoms with Crippen molar-refractivity contribution < 1.29 is 9.53 Å². The zero-order valence-electron chi connectivity index (χ0n) is 9.64. The normalized spacial score (nSPS) is 20.2. The third kappa shape index (κ3) is 3.69. The molecule has 2 heteroatoms. The molecule has 0 aromatic carbocycles. The molecule has 1 aliphatic carbocycles. The summed E-state index contributed by atoms with van der Waals surface area (Å²) in [6.07, 6.45) is 7.31. The molecule has 2 nitrogen and oxygen atoms in total. The molecule has 0 unspecified atom stereocenters. The number of hydrogen-bond acceptors (Lipinski definition) is 2. The highest BCUT2D eigenvalue weighted by molar-refractivity contribution is 5.75. The van der Waals surface area contributed by atoms with Crippen LogP contribution in [0.3, 0.4) is 0 Å². The van der Waals surface area contributed by atoms with Crippen molar-refractivity contribution in [1.82, 2.24) is 0 Å². The first-order valence-corrected chi connectivity index (χ1v) is 5.71. The zero-order chi connectivity index (χ0) is 10.6. The Kier molecular flexibility index (Phi) is 3.97. The van der Waals surface area contributed by atoms with E-state index < -0.39 is 0 Å². The smallest absolute Gasteiger partial charge is 0.311 e. The summed E-state index contributed by atoms with van der Waals surface area (Å²) < 4.78 is 5.50. The summed E-state index contributed by atoms with van der Waals surface area (Å²) in [7, 11) is 0. The summed E-state index contributed by atoms with van der Waals surface area (Å²) in [5.74, 6) is -0.0515. The van der Waals surface area contributed by atoms with Crippen LogP contribution in [0.15, 0.2) is 0 Å². The van der Waals surface area contributed by atoms with Crippen molar-refractivity contribution in [3.05, 3.63) is 0 Å². The van der Waals surface area contributed by atoms with Crippen molar-refractivity contribution >= 4 is 5.97 Å². The molecule has 0 N–H and O–H groups in total. The average molecular weight is 198 g/mol. The Morgan fingerprint density at radius 2 is 1.57 bits per heavy atom. The van der Waals surface area contributed by atoms with E-state index in [0.717, 1.165) is 12.8 Å². The summed E-state index contributed by atoms with van der Waals surface area (Å²) >= 11 is 0. The van der Waals surface area contributed by atoms with Gasteiger partial charge >= 0.3 is 5.97 Å². The Morgan fingerprint density at radius 1 is 1.07 bits per heavy atom. The van der Waals surface area contributed by atoms with Crippen LogP contribution in [0.2, 0.25) is 0 Å². The molecule has 0 aliphatic heterocycles. The van der Waals surface area contributed by atoms with Crippen LogP contribution in [0, 0.1) is 5.41 Å². The predicted octanol–water partition coefficient (Wildman–Crippen LogP) is 3.30. The van der Waals surface area contributed by atoms with Crippen molar-refractivity contribution in [2.24, 2.45) is 5.41 Å². The second kappa shape index (κ2) is 4.81. The van der Waals surface area contributed by atoms with Gasteiger partial charge in [0.25, 0.3) is 0 Å². The lowest BCUT2D eigenvalue weighted by Gasteiger charge is -2.22. The highest BCUT2D eigenvalue weighted by atomic mass is 16.5. The topological polar surface area (TPSA) is 26.3 Å². The molecular weight excluding hydrogens is 176 g/mol. The fourth-order valence-electron chi connectivity index (χ4n) is 1.69. The van der Waals surface area contributed by atoms with E-state index in [1.54, 1.807) is 0 Å². The molecule has 0 heterocycles. The van der Waals surface area contributed by atoms with E-state index in [9.17, 15) is 4.79 Å². The Hall–Kier alpha value is -0.530. The SMILES string of the molecule is CC(C)(C)C(=O)OC1CCCCCC1. The summed E-state index contributed by atoms with van der Waals surface area (Å²) in [6, 6.07) is 0. The van der Waals surface area contributed by atoms with E-state index in [1.807, 2.05) is 20.8 Å². The summed E-state index contributed by atoms with van der Waals surface area (Å²) in [5.41, 5.74) is -0.355. The van der Waals surface area contributed by atoms with Crippen molar-refractivity contribution in [2.75, 3.05) is 0 Å². The molecule has 0 amide bonds. The quantitative estimate of drug-likeness (QED) is 0.477. The van der Waals surface area contributed by atoms with Gasteiger partial charge in [0, 0.05) is 0 Å². The van der Waals surface area contributed by atoms with Crippen LogP contribution in [-0.4, -0.2) is 12.1 Å². The maximum Gasteiger partial charge on any atom is 0.311 e. The van der Waals surface area contributed by atoms with Crippen LogP contribution in [0.5, 0.6) is 0 Å². The molecule has 0 bridgehead atoms. The molecule has 1 rings (SSSR count). The monoisotopic (exact) mass is 198 g/mol. The fraction of sp³-hybridized carbons (Fsp3) is 0.917. The molecule has 0 spiro atoms. The second-order valence-electron chi connectivity index (χ2n) is 5.27.